The summed E-state index contributed by atoms with van der Waals surface area (Å²) >= 11 is 0. The zero-order valence-electron chi connectivity index (χ0n) is 17.7. The predicted molar refractivity (Wildman–Crippen MR) is 115 cm³/mol. The van der Waals surface area contributed by atoms with Crippen LogP contribution in [0.1, 0.15) is 36.2 Å². The van der Waals surface area contributed by atoms with Crippen molar-refractivity contribution < 1.29 is 22.7 Å². The van der Waals surface area contributed by atoms with Gasteiger partial charge in [-0.2, -0.15) is 0 Å². The van der Waals surface area contributed by atoms with Gasteiger partial charge in [0.2, 0.25) is 10.0 Å². The van der Waals surface area contributed by atoms with Crippen LogP contribution in [0.2, 0.25) is 0 Å². The van der Waals surface area contributed by atoms with E-state index in [4.69, 9.17) is 9.47 Å². The Balaban J connectivity index is 1.79. The van der Waals surface area contributed by atoms with Gasteiger partial charge >= 0.3 is 0 Å². The minimum absolute atomic E-state index is 0.0332. The number of hydrogen-bond acceptors (Lipinski definition) is 5. The maximum absolute atomic E-state index is 13.0. The highest BCUT2D eigenvalue weighted by molar-refractivity contribution is 7.89. The molecule has 2 aromatic carbocycles. The number of carbonyl (C=O) groups is 1. The fourth-order valence-electron chi connectivity index (χ4n) is 3.46. The number of hydrogen-bond donors (Lipinski definition) is 2. The molecule has 2 aromatic rings. The number of benzene rings is 2. The molecule has 0 aromatic heterocycles. The molecule has 1 aliphatic heterocycles. The van der Waals surface area contributed by atoms with Crippen LogP contribution < -0.4 is 14.8 Å². The second-order valence-corrected chi connectivity index (χ2v) is 9.60. The van der Waals surface area contributed by atoms with Crippen LogP contribution in [0.3, 0.4) is 0 Å². The lowest BCUT2D eigenvalue weighted by Gasteiger charge is -2.39. The second kappa shape index (κ2) is 8.75. The molecular formula is C22H28N2O5S. The van der Waals surface area contributed by atoms with E-state index in [9.17, 15) is 13.2 Å². The maximum atomic E-state index is 13.0. The third-order valence-electron chi connectivity index (χ3n) is 5.65. The Morgan fingerprint density at radius 1 is 1.23 bits per heavy atom. The first-order chi connectivity index (χ1) is 14.1. The minimum atomic E-state index is -3.80. The topological polar surface area (TPSA) is 93.7 Å². The molecule has 2 unspecified atom stereocenters. The van der Waals surface area contributed by atoms with Gasteiger partial charge in [0.15, 0.2) is 0 Å². The molecule has 8 heteroatoms. The summed E-state index contributed by atoms with van der Waals surface area (Å²) in [5, 5.41) is 2.80. The molecule has 3 rings (SSSR count). The van der Waals surface area contributed by atoms with Crippen molar-refractivity contribution in [2.24, 2.45) is 5.92 Å². The van der Waals surface area contributed by atoms with Crippen LogP contribution in [-0.2, 0) is 14.8 Å². The van der Waals surface area contributed by atoms with E-state index in [-0.39, 0.29) is 22.3 Å². The van der Waals surface area contributed by atoms with Gasteiger partial charge in [-0.3, -0.25) is 4.79 Å². The van der Waals surface area contributed by atoms with Crippen molar-refractivity contribution in [1.29, 1.82) is 0 Å². The first-order valence-corrected chi connectivity index (χ1v) is 11.3. The number of aryl methyl sites for hydroxylation is 1. The predicted octanol–water partition coefficient (Wildman–Crippen LogP) is 3.35. The van der Waals surface area contributed by atoms with Crippen LogP contribution in [-0.4, -0.2) is 40.2 Å². The molecule has 1 fully saturated rings. The number of carbonyl (C=O) groups excluding carboxylic acids is 1. The molecule has 30 heavy (non-hydrogen) atoms. The van der Waals surface area contributed by atoms with Crippen molar-refractivity contribution in [3.8, 4) is 5.75 Å². The molecule has 2 N–H and O–H groups in total. The van der Waals surface area contributed by atoms with E-state index in [1.807, 2.05) is 20.8 Å². The second-order valence-electron chi connectivity index (χ2n) is 7.92. The zero-order valence-corrected chi connectivity index (χ0v) is 18.5. The first kappa shape index (κ1) is 22.3. The number of anilines is 1. The van der Waals surface area contributed by atoms with Crippen molar-refractivity contribution >= 4 is 21.6 Å². The summed E-state index contributed by atoms with van der Waals surface area (Å²) in [4.78, 5) is 12.7. The maximum Gasteiger partial charge on any atom is 0.255 e. The molecule has 1 amide bonds. The third-order valence-corrected chi connectivity index (χ3v) is 7.26. The molecule has 1 aliphatic rings. The molecular weight excluding hydrogens is 404 g/mol. The summed E-state index contributed by atoms with van der Waals surface area (Å²) in [7, 11) is -2.21. The van der Waals surface area contributed by atoms with E-state index in [0.29, 0.717) is 25.3 Å². The molecule has 7 nitrogen and oxygen atoms in total. The fourth-order valence-corrected chi connectivity index (χ4v) is 5.03. The fraction of sp³-hybridized carbons (Fsp3) is 0.409. The lowest BCUT2D eigenvalue weighted by Crippen LogP contribution is -2.54. The van der Waals surface area contributed by atoms with Crippen LogP contribution in [0.4, 0.5) is 5.69 Å². The van der Waals surface area contributed by atoms with Crippen LogP contribution in [0.15, 0.2) is 47.4 Å². The number of methoxy groups -OCH3 is 1. The first-order valence-electron chi connectivity index (χ1n) is 9.82. The number of rotatable bonds is 6. The number of amides is 1. The Morgan fingerprint density at radius 3 is 2.67 bits per heavy atom. The number of nitrogens with one attached hydrogen (secondary N) is 2. The lowest BCUT2D eigenvalue weighted by molar-refractivity contribution is 0.0100. The summed E-state index contributed by atoms with van der Waals surface area (Å²) in [6.07, 6.45) is 0.588. The molecule has 1 heterocycles. The minimum Gasteiger partial charge on any atom is -0.496 e. The van der Waals surface area contributed by atoms with Gasteiger partial charge in [0.25, 0.3) is 5.91 Å². The monoisotopic (exact) mass is 432 g/mol. The summed E-state index contributed by atoms with van der Waals surface area (Å²) < 4.78 is 39.5. The summed E-state index contributed by atoms with van der Waals surface area (Å²) in [6.45, 7) is 6.74. The quantitative estimate of drug-likeness (QED) is 0.730. The van der Waals surface area contributed by atoms with E-state index in [1.54, 1.807) is 37.4 Å². The van der Waals surface area contributed by atoms with Gasteiger partial charge in [-0.25, -0.2) is 13.1 Å². The van der Waals surface area contributed by atoms with Gasteiger partial charge in [0.1, 0.15) is 5.75 Å². The summed E-state index contributed by atoms with van der Waals surface area (Å²) in [5.74, 6) is 0.371. The highest BCUT2D eigenvalue weighted by Gasteiger charge is 2.38. The summed E-state index contributed by atoms with van der Waals surface area (Å²) in [5.41, 5.74) is 1.15. The zero-order chi connectivity index (χ0) is 21.9. The Hall–Kier alpha value is -2.42. The molecule has 1 saturated heterocycles. The van der Waals surface area contributed by atoms with Gasteiger partial charge in [0.05, 0.1) is 18.6 Å². The average Bonchev–Trinajstić information content (AvgIpc) is 2.70. The molecule has 0 aliphatic carbocycles. The van der Waals surface area contributed by atoms with E-state index in [0.717, 1.165) is 11.3 Å². The van der Waals surface area contributed by atoms with E-state index >= 15 is 0 Å². The van der Waals surface area contributed by atoms with Gasteiger partial charge < -0.3 is 14.8 Å². The van der Waals surface area contributed by atoms with Crippen molar-refractivity contribution in [3.05, 3.63) is 53.6 Å². The van der Waals surface area contributed by atoms with Gasteiger partial charge in [0, 0.05) is 23.4 Å². The van der Waals surface area contributed by atoms with Crippen molar-refractivity contribution in [3.63, 3.8) is 0 Å². The van der Waals surface area contributed by atoms with Gasteiger partial charge in [-0.15, -0.1) is 0 Å². The average molecular weight is 433 g/mol. The smallest absolute Gasteiger partial charge is 0.255 e. The van der Waals surface area contributed by atoms with Gasteiger partial charge in [-0.1, -0.05) is 13.0 Å². The van der Waals surface area contributed by atoms with E-state index < -0.39 is 15.6 Å². The Labute approximate surface area is 177 Å². The normalized spacial score (nSPS) is 21.8. The molecule has 0 bridgehead atoms. The molecule has 0 spiro atoms. The summed E-state index contributed by atoms with van der Waals surface area (Å²) in [6, 6.07) is 11.3. The van der Waals surface area contributed by atoms with Crippen molar-refractivity contribution in [2.75, 3.05) is 25.6 Å². The van der Waals surface area contributed by atoms with Crippen LogP contribution in [0.25, 0.3) is 0 Å². The van der Waals surface area contributed by atoms with Crippen molar-refractivity contribution in [1.82, 2.24) is 4.72 Å². The molecule has 0 saturated carbocycles. The Morgan fingerprint density at radius 2 is 2.00 bits per heavy atom. The highest BCUT2D eigenvalue weighted by atomic mass is 32.2. The highest BCUT2D eigenvalue weighted by Crippen LogP contribution is 2.28. The van der Waals surface area contributed by atoms with Crippen LogP contribution in [0.5, 0.6) is 5.75 Å². The van der Waals surface area contributed by atoms with E-state index in [2.05, 4.69) is 10.0 Å². The molecule has 0 radical (unpaired) electrons. The Kier molecular flexibility index (Phi) is 6.50. The largest absolute Gasteiger partial charge is 0.496 e. The van der Waals surface area contributed by atoms with Crippen LogP contribution in [0, 0.1) is 12.8 Å². The molecule has 2 atom stereocenters. The van der Waals surface area contributed by atoms with Crippen molar-refractivity contribution in [2.45, 2.75) is 37.6 Å². The van der Waals surface area contributed by atoms with Crippen LogP contribution >= 0.6 is 0 Å². The standard InChI is InChI=1S/C22H28N2O5S/c1-15-12-18(8-9-20(15)28-4)23-21(25)17-6-5-7-19(13-17)30(26,27)24-22(3)10-11-29-14-16(22)2/h5-9,12-13,16,24H,10-11,14H2,1-4H3,(H,23,25). The number of sulfonamides is 1. The SMILES string of the molecule is COc1ccc(NC(=O)c2cccc(S(=O)(=O)NC3(C)CCOCC3C)c2)cc1C. The van der Waals surface area contributed by atoms with Gasteiger partial charge in [-0.05, 0) is 68.1 Å². The Bertz CT molecular complexity index is 1040. The van der Waals surface area contributed by atoms with E-state index in [1.165, 1.54) is 12.1 Å². The third kappa shape index (κ3) is 4.83. The lowest BCUT2D eigenvalue weighted by atomic mass is 9.84. The number of ether oxygens (including phenoxy) is 2. The molecule has 162 valence electrons.